The third kappa shape index (κ3) is 4.74. The van der Waals surface area contributed by atoms with E-state index < -0.39 is 10.0 Å². The second kappa shape index (κ2) is 9.36. The lowest BCUT2D eigenvalue weighted by atomic mass is 9.97. The summed E-state index contributed by atoms with van der Waals surface area (Å²) in [6.45, 7) is 4.01. The summed E-state index contributed by atoms with van der Waals surface area (Å²) in [5.74, 6) is 1.02. The Morgan fingerprint density at radius 3 is 2.35 bits per heavy atom. The molecule has 3 aliphatic rings. The van der Waals surface area contributed by atoms with Crippen LogP contribution in [0, 0.1) is 0 Å². The van der Waals surface area contributed by atoms with Crippen LogP contribution in [0.3, 0.4) is 0 Å². The molecule has 1 aromatic carbocycles. The first-order valence-corrected chi connectivity index (χ1v) is 13.8. The Balaban J connectivity index is 1.26. The van der Waals surface area contributed by atoms with Crippen molar-refractivity contribution in [2.45, 2.75) is 87.9 Å². The normalized spacial score (nSPS) is 25.6. The Bertz CT molecular complexity index is 1150. The number of nitrogens with one attached hydrogen (secondary N) is 1. The van der Waals surface area contributed by atoms with Gasteiger partial charge in [-0.05, 0) is 76.1 Å². The summed E-state index contributed by atoms with van der Waals surface area (Å²) >= 11 is 0. The van der Waals surface area contributed by atoms with E-state index in [1.54, 1.807) is 47.9 Å². The fourth-order valence-corrected chi connectivity index (χ4v) is 6.78. The minimum absolute atomic E-state index is 0.0681. The van der Waals surface area contributed by atoms with Crippen LogP contribution in [0.15, 0.2) is 46.4 Å². The van der Waals surface area contributed by atoms with E-state index in [1.807, 2.05) is 13.8 Å². The zero-order valence-electron chi connectivity index (χ0n) is 20.2. The first-order chi connectivity index (χ1) is 16.3. The van der Waals surface area contributed by atoms with Crippen LogP contribution in [0.1, 0.15) is 58.8 Å². The molecule has 182 valence electrons. The van der Waals surface area contributed by atoms with Gasteiger partial charge in [0.2, 0.25) is 16.0 Å². The molecule has 2 unspecified atom stereocenters. The van der Waals surface area contributed by atoms with E-state index in [1.165, 1.54) is 25.7 Å². The minimum atomic E-state index is -3.55. The van der Waals surface area contributed by atoms with Crippen LogP contribution >= 0.6 is 0 Å². The van der Waals surface area contributed by atoms with E-state index >= 15 is 0 Å². The summed E-state index contributed by atoms with van der Waals surface area (Å²) in [6.07, 6.45) is 9.44. The summed E-state index contributed by atoms with van der Waals surface area (Å²) in [5, 5.41) is 3.14. The summed E-state index contributed by atoms with van der Waals surface area (Å²) in [5.41, 5.74) is 1.72. The number of nitrogens with zero attached hydrogens (tertiary/aromatic N) is 5. The molecule has 34 heavy (non-hydrogen) atoms. The second-order valence-corrected chi connectivity index (χ2v) is 11.8. The van der Waals surface area contributed by atoms with E-state index in [0.717, 1.165) is 36.7 Å². The summed E-state index contributed by atoms with van der Waals surface area (Å²) in [6, 6.07) is 10.5. The van der Waals surface area contributed by atoms with Gasteiger partial charge >= 0.3 is 0 Å². The van der Waals surface area contributed by atoms with Gasteiger partial charge in [0.15, 0.2) is 5.82 Å². The molecule has 1 aromatic heterocycles. The topological polar surface area (TPSA) is 90.8 Å². The number of aliphatic imine (C=N–C) groups is 1. The highest BCUT2D eigenvalue weighted by Gasteiger charge is 2.48. The Labute approximate surface area is 202 Å². The molecule has 1 N–H and O–H groups in total. The number of piperidine rings is 1. The van der Waals surface area contributed by atoms with Crippen molar-refractivity contribution >= 4 is 33.2 Å². The van der Waals surface area contributed by atoms with E-state index in [4.69, 9.17) is 0 Å². The zero-order valence-corrected chi connectivity index (χ0v) is 21.0. The number of anilines is 2. The Hall–Kier alpha value is -2.36. The van der Waals surface area contributed by atoms with Gasteiger partial charge < -0.3 is 5.32 Å². The van der Waals surface area contributed by atoms with E-state index in [9.17, 15) is 8.42 Å². The highest BCUT2D eigenvalue weighted by Crippen LogP contribution is 2.44. The predicted octanol–water partition coefficient (Wildman–Crippen LogP) is 4.50. The summed E-state index contributed by atoms with van der Waals surface area (Å²) < 4.78 is 28.4. The average Bonchev–Trinajstić information content (AvgIpc) is 3.64. The van der Waals surface area contributed by atoms with Crippen molar-refractivity contribution in [2.75, 3.05) is 12.4 Å². The van der Waals surface area contributed by atoms with Crippen molar-refractivity contribution in [1.82, 2.24) is 19.2 Å². The molecule has 2 bridgehead atoms. The van der Waals surface area contributed by atoms with Crippen LogP contribution in [-0.4, -0.2) is 64.5 Å². The molecule has 9 heteroatoms. The molecular weight excluding hydrogens is 448 g/mol. The van der Waals surface area contributed by atoms with Crippen LogP contribution in [0.4, 0.5) is 17.5 Å². The number of aromatic nitrogens is 2. The van der Waals surface area contributed by atoms with Gasteiger partial charge in [0.05, 0.1) is 4.90 Å². The Morgan fingerprint density at radius 1 is 1.09 bits per heavy atom. The molecular formula is C25H34N6O2S. The lowest BCUT2D eigenvalue weighted by Gasteiger charge is -2.42. The van der Waals surface area contributed by atoms with Gasteiger partial charge in [0.1, 0.15) is 0 Å². The molecule has 2 atom stereocenters. The van der Waals surface area contributed by atoms with Crippen molar-refractivity contribution in [2.24, 2.45) is 4.99 Å². The quantitative estimate of drug-likeness (QED) is 0.557. The predicted molar refractivity (Wildman–Crippen MR) is 134 cm³/mol. The standard InChI is InChI=1S/C25H34N6O2S/c1-4-17(2)27-24-13-14-26-25(29-24)28-18-5-11-23(12-6-18)34(32,33)30(3)22-15-20-9-10-21(16-22)31(20)19-7-8-19/h5-6,11-14,19-22H,4,7-10,15-16H2,1-3H3,(H,26,28,29). The third-order valence-electron chi connectivity index (χ3n) is 7.49. The molecule has 5 rings (SSSR count). The lowest BCUT2D eigenvalue weighted by molar-refractivity contribution is 0.0902. The van der Waals surface area contributed by atoms with Gasteiger partial charge in [-0.1, -0.05) is 6.92 Å². The van der Waals surface area contributed by atoms with Crippen LogP contribution in [0.5, 0.6) is 0 Å². The highest BCUT2D eigenvalue weighted by molar-refractivity contribution is 7.89. The molecule has 3 fully saturated rings. The number of fused-ring (bicyclic) bond motifs is 2. The first-order valence-electron chi connectivity index (χ1n) is 12.3. The molecule has 2 aliphatic heterocycles. The largest absolute Gasteiger partial charge is 0.324 e. The van der Waals surface area contributed by atoms with Gasteiger partial charge in [0.25, 0.3) is 0 Å². The van der Waals surface area contributed by atoms with E-state index in [-0.39, 0.29) is 6.04 Å². The molecule has 0 spiro atoms. The molecule has 8 nitrogen and oxygen atoms in total. The van der Waals surface area contributed by atoms with Gasteiger partial charge in [0, 0.05) is 54.9 Å². The number of rotatable bonds is 8. The SMILES string of the molecule is CCC(C)=Nc1ccnc(Nc2ccc(S(=O)(=O)N(C)C3CC4CCC(C3)N4C3CC3)cc2)n1. The van der Waals surface area contributed by atoms with E-state index in [0.29, 0.717) is 28.7 Å². The van der Waals surface area contributed by atoms with Crippen molar-refractivity contribution in [1.29, 1.82) is 0 Å². The van der Waals surface area contributed by atoms with Crippen LogP contribution < -0.4 is 5.32 Å². The molecule has 1 aliphatic carbocycles. The fourth-order valence-electron chi connectivity index (χ4n) is 5.40. The lowest BCUT2D eigenvalue weighted by Crippen LogP contribution is -2.51. The smallest absolute Gasteiger partial charge is 0.243 e. The Morgan fingerprint density at radius 2 is 1.74 bits per heavy atom. The molecule has 2 aromatic rings. The molecule has 2 saturated heterocycles. The maximum Gasteiger partial charge on any atom is 0.243 e. The maximum absolute atomic E-state index is 13.4. The number of hydrogen-bond acceptors (Lipinski definition) is 7. The Kier molecular flexibility index (Phi) is 6.43. The van der Waals surface area contributed by atoms with Crippen molar-refractivity contribution < 1.29 is 8.42 Å². The van der Waals surface area contributed by atoms with Gasteiger partial charge in [-0.15, -0.1) is 0 Å². The average molecular weight is 483 g/mol. The number of benzene rings is 1. The summed E-state index contributed by atoms with van der Waals surface area (Å²) in [4.78, 5) is 16.1. The highest BCUT2D eigenvalue weighted by atomic mass is 32.2. The number of sulfonamides is 1. The molecule has 0 amide bonds. The monoisotopic (exact) mass is 482 g/mol. The van der Waals surface area contributed by atoms with Crippen molar-refractivity contribution in [3.8, 4) is 0 Å². The van der Waals surface area contributed by atoms with Crippen molar-refractivity contribution in [3.05, 3.63) is 36.5 Å². The molecule has 1 saturated carbocycles. The molecule has 3 heterocycles. The van der Waals surface area contributed by atoms with Gasteiger partial charge in [-0.3, -0.25) is 4.90 Å². The van der Waals surface area contributed by atoms with Crippen molar-refractivity contribution in [3.63, 3.8) is 0 Å². The van der Waals surface area contributed by atoms with Gasteiger partial charge in [-0.25, -0.2) is 18.4 Å². The maximum atomic E-state index is 13.4. The van der Waals surface area contributed by atoms with Gasteiger partial charge in [-0.2, -0.15) is 9.29 Å². The second-order valence-electron chi connectivity index (χ2n) is 9.80. The fraction of sp³-hybridized carbons (Fsp3) is 0.560. The van der Waals surface area contributed by atoms with E-state index in [2.05, 4.69) is 25.2 Å². The zero-order chi connectivity index (χ0) is 23.9. The number of hydrogen-bond donors (Lipinski definition) is 1. The third-order valence-corrected chi connectivity index (χ3v) is 9.42. The minimum Gasteiger partial charge on any atom is -0.324 e. The van der Waals surface area contributed by atoms with Crippen LogP contribution in [-0.2, 0) is 10.0 Å². The first kappa shape index (κ1) is 23.4. The molecule has 0 radical (unpaired) electrons. The van der Waals surface area contributed by atoms with Crippen LogP contribution in [0.2, 0.25) is 0 Å². The summed E-state index contributed by atoms with van der Waals surface area (Å²) in [7, 11) is -1.81. The van der Waals surface area contributed by atoms with Crippen LogP contribution in [0.25, 0.3) is 0 Å².